The molecule has 4 rings (SSSR count). The van der Waals surface area contributed by atoms with Crippen molar-refractivity contribution < 1.29 is 28.2 Å². The fraction of sp³-hybridized carbons (Fsp3) is 0.250. The Hall–Kier alpha value is -4.64. The molecule has 43 heavy (non-hydrogen) atoms. The lowest BCUT2D eigenvalue weighted by molar-refractivity contribution is -0.137. The van der Waals surface area contributed by atoms with E-state index in [2.05, 4.69) is 15.3 Å². The second-order valence-corrected chi connectivity index (χ2v) is 10.5. The van der Waals surface area contributed by atoms with Crippen molar-refractivity contribution in [1.29, 1.82) is 0 Å². The normalized spacial score (nSPS) is 11.4. The molecule has 0 aliphatic rings. The zero-order valence-corrected chi connectivity index (χ0v) is 25.4. The van der Waals surface area contributed by atoms with Gasteiger partial charge < -0.3 is 24.4 Å². The molecule has 1 atom stereocenters. The minimum absolute atomic E-state index is 0.0516. The predicted octanol–water partition coefficient (Wildman–Crippen LogP) is 5.76. The predicted molar refractivity (Wildman–Crippen MR) is 163 cm³/mol. The largest absolute Gasteiger partial charge is 0.497 e. The molecular weight excluding hydrogens is 571 g/mol. The molecule has 3 aromatic carbocycles. The van der Waals surface area contributed by atoms with E-state index >= 15 is 0 Å². The van der Waals surface area contributed by atoms with Gasteiger partial charge in [0.05, 0.1) is 32.8 Å². The molecule has 0 spiro atoms. The summed E-state index contributed by atoms with van der Waals surface area (Å²) in [6, 6.07) is 18.4. The Balaban J connectivity index is 1.73. The number of thioether (sulfide) groups is 1. The monoisotopic (exact) mass is 604 g/mol. The number of anilines is 1. The van der Waals surface area contributed by atoms with Gasteiger partial charge in [0.1, 0.15) is 29.1 Å². The molecule has 0 bridgehead atoms. The number of rotatable bonds is 12. The Morgan fingerprint density at radius 2 is 1.56 bits per heavy atom. The van der Waals surface area contributed by atoms with Gasteiger partial charge in [0.25, 0.3) is 5.91 Å². The average Bonchev–Trinajstić information content (AvgIpc) is 2.99. The average molecular weight is 605 g/mol. The van der Waals surface area contributed by atoms with Gasteiger partial charge in [-0.05, 0) is 67.4 Å². The van der Waals surface area contributed by atoms with Crippen molar-refractivity contribution in [3.63, 3.8) is 0 Å². The van der Waals surface area contributed by atoms with E-state index in [-0.39, 0.29) is 18.2 Å². The topological polar surface area (TPSA) is 103 Å². The van der Waals surface area contributed by atoms with Crippen molar-refractivity contribution in [1.82, 2.24) is 14.9 Å². The molecule has 0 aliphatic carbocycles. The maximum absolute atomic E-state index is 14.5. The van der Waals surface area contributed by atoms with E-state index in [9.17, 15) is 14.0 Å². The molecule has 0 saturated carbocycles. The SMILES string of the molecule is COc1ccc(CN(C(=O)CSc2nc(C)cc(C)n2)C(C(=O)Nc2ccc(OC)cc2OC)c2cccc(F)c2)cc1. The van der Waals surface area contributed by atoms with Gasteiger partial charge in [-0.2, -0.15) is 0 Å². The lowest BCUT2D eigenvalue weighted by atomic mass is 10.0. The van der Waals surface area contributed by atoms with Gasteiger partial charge in [-0.15, -0.1) is 0 Å². The summed E-state index contributed by atoms with van der Waals surface area (Å²) >= 11 is 1.17. The smallest absolute Gasteiger partial charge is 0.251 e. The Bertz CT molecular complexity index is 1560. The Kier molecular flexibility index (Phi) is 10.6. The molecule has 1 aromatic heterocycles. The van der Waals surface area contributed by atoms with E-state index in [1.54, 1.807) is 43.5 Å². The minimum atomic E-state index is -1.20. The van der Waals surface area contributed by atoms with Gasteiger partial charge in [-0.3, -0.25) is 9.59 Å². The number of carbonyl (C=O) groups is 2. The summed E-state index contributed by atoms with van der Waals surface area (Å²) in [7, 11) is 4.56. The highest BCUT2D eigenvalue weighted by Crippen LogP contribution is 2.32. The number of amides is 2. The number of methoxy groups -OCH3 is 3. The van der Waals surface area contributed by atoms with Crippen LogP contribution < -0.4 is 19.5 Å². The van der Waals surface area contributed by atoms with E-state index in [4.69, 9.17) is 14.2 Å². The van der Waals surface area contributed by atoms with Crippen molar-refractivity contribution in [2.45, 2.75) is 31.6 Å². The number of nitrogens with zero attached hydrogens (tertiary/aromatic N) is 3. The molecule has 2 amide bonds. The zero-order chi connectivity index (χ0) is 30.9. The van der Waals surface area contributed by atoms with Crippen molar-refractivity contribution in [2.75, 3.05) is 32.4 Å². The van der Waals surface area contributed by atoms with Crippen LogP contribution in [-0.4, -0.2) is 53.8 Å². The summed E-state index contributed by atoms with van der Waals surface area (Å²) in [4.78, 5) is 38.3. The van der Waals surface area contributed by atoms with E-state index in [0.29, 0.717) is 33.7 Å². The minimum Gasteiger partial charge on any atom is -0.497 e. The first-order chi connectivity index (χ1) is 20.7. The number of hydrogen-bond acceptors (Lipinski definition) is 8. The van der Waals surface area contributed by atoms with Crippen LogP contribution in [0.15, 0.2) is 78.0 Å². The third kappa shape index (κ3) is 8.23. The van der Waals surface area contributed by atoms with Crippen molar-refractivity contribution in [3.05, 3.63) is 101 Å². The number of benzene rings is 3. The van der Waals surface area contributed by atoms with Gasteiger partial charge >= 0.3 is 0 Å². The van der Waals surface area contributed by atoms with E-state index in [1.165, 1.54) is 49.1 Å². The summed E-state index contributed by atoms with van der Waals surface area (Å²) < 4.78 is 30.5. The van der Waals surface area contributed by atoms with Gasteiger partial charge in [0.2, 0.25) is 5.91 Å². The Morgan fingerprint density at radius 1 is 0.884 bits per heavy atom. The lowest BCUT2D eigenvalue weighted by Gasteiger charge is -2.32. The van der Waals surface area contributed by atoms with Gasteiger partial charge in [-0.25, -0.2) is 14.4 Å². The number of carbonyl (C=O) groups excluding carboxylic acids is 2. The third-order valence-electron chi connectivity index (χ3n) is 6.51. The van der Waals surface area contributed by atoms with E-state index < -0.39 is 17.8 Å². The molecule has 9 nitrogen and oxygen atoms in total. The number of aryl methyl sites for hydroxylation is 2. The second kappa shape index (κ2) is 14.5. The first-order valence-electron chi connectivity index (χ1n) is 13.4. The van der Waals surface area contributed by atoms with Crippen LogP contribution in [0, 0.1) is 19.7 Å². The summed E-state index contributed by atoms with van der Waals surface area (Å²) in [6.45, 7) is 3.77. The highest BCUT2D eigenvalue weighted by Gasteiger charge is 2.33. The van der Waals surface area contributed by atoms with Gasteiger partial charge in [-0.1, -0.05) is 36.0 Å². The molecule has 224 valence electrons. The first-order valence-corrected chi connectivity index (χ1v) is 14.3. The molecule has 1 N–H and O–H groups in total. The van der Waals surface area contributed by atoms with Crippen LogP contribution in [0.25, 0.3) is 0 Å². The fourth-order valence-corrected chi connectivity index (χ4v) is 5.31. The molecule has 0 radical (unpaired) electrons. The Morgan fingerprint density at radius 3 is 2.19 bits per heavy atom. The number of aromatic nitrogens is 2. The van der Waals surface area contributed by atoms with Crippen molar-refractivity contribution in [2.24, 2.45) is 0 Å². The number of nitrogens with one attached hydrogen (secondary N) is 1. The summed E-state index contributed by atoms with van der Waals surface area (Å²) in [5.74, 6) is 0.0459. The number of ether oxygens (including phenoxy) is 3. The van der Waals surface area contributed by atoms with Gasteiger partial charge in [0.15, 0.2) is 5.16 Å². The Labute approximate surface area is 254 Å². The van der Waals surface area contributed by atoms with Crippen LogP contribution in [0.1, 0.15) is 28.6 Å². The summed E-state index contributed by atoms with van der Waals surface area (Å²) in [5.41, 5.74) is 2.98. The van der Waals surface area contributed by atoms with Crippen molar-refractivity contribution >= 4 is 29.3 Å². The van der Waals surface area contributed by atoms with Crippen molar-refractivity contribution in [3.8, 4) is 17.2 Å². The standard InChI is InChI=1S/C32H33FN4O5S/c1-20-15-21(2)35-32(34-20)43-19-29(38)37(18-22-9-11-25(40-3)12-10-22)30(23-7-6-8-24(33)16-23)31(39)36-27-14-13-26(41-4)17-28(27)42-5/h6-17,30H,18-19H2,1-5H3,(H,36,39). The summed E-state index contributed by atoms with van der Waals surface area (Å²) in [5, 5.41) is 3.32. The third-order valence-corrected chi connectivity index (χ3v) is 7.34. The van der Waals surface area contributed by atoms with Crippen LogP contribution in [0.4, 0.5) is 10.1 Å². The van der Waals surface area contributed by atoms with Crippen LogP contribution in [-0.2, 0) is 16.1 Å². The van der Waals surface area contributed by atoms with Crippen LogP contribution in [0.2, 0.25) is 0 Å². The molecule has 1 unspecified atom stereocenters. The molecule has 0 aliphatic heterocycles. The molecule has 0 saturated heterocycles. The van der Waals surface area contributed by atoms with E-state index in [0.717, 1.165) is 17.0 Å². The first kappa shape index (κ1) is 31.3. The quantitative estimate of drug-likeness (QED) is 0.161. The highest BCUT2D eigenvalue weighted by molar-refractivity contribution is 7.99. The fourth-order valence-electron chi connectivity index (χ4n) is 4.47. The molecule has 0 fully saturated rings. The molecular formula is C32H33FN4O5S. The van der Waals surface area contributed by atoms with Crippen LogP contribution in [0.5, 0.6) is 17.2 Å². The zero-order valence-electron chi connectivity index (χ0n) is 24.6. The number of hydrogen-bond donors (Lipinski definition) is 1. The maximum Gasteiger partial charge on any atom is 0.251 e. The molecule has 11 heteroatoms. The lowest BCUT2D eigenvalue weighted by Crippen LogP contribution is -2.42. The highest BCUT2D eigenvalue weighted by atomic mass is 32.2. The second-order valence-electron chi connectivity index (χ2n) is 9.60. The van der Waals surface area contributed by atoms with Crippen LogP contribution >= 0.6 is 11.8 Å². The molecule has 4 aromatic rings. The molecule has 1 heterocycles. The number of halogens is 1. The van der Waals surface area contributed by atoms with Gasteiger partial charge in [0, 0.05) is 24.0 Å². The summed E-state index contributed by atoms with van der Waals surface area (Å²) in [6.07, 6.45) is 0. The van der Waals surface area contributed by atoms with Crippen LogP contribution in [0.3, 0.4) is 0 Å². The maximum atomic E-state index is 14.5. The van der Waals surface area contributed by atoms with E-state index in [1.807, 2.05) is 32.0 Å².